The number of halogens is 1. The van der Waals surface area contributed by atoms with Crippen molar-refractivity contribution in [2.75, 3.05) is 0 Å². The van der Waals surface area contributed by atoms with Gasteiger partial charge in [-0.1, -0.05) is 16.8 Å². The summed E-state index contributed by atoms with van der Waals surface area (Å²) >= 11 is 5.62. The maximum Gasteiger partial charge on any atom is 0.129 e. The van der Waals surface area contributed by atoms with E-state index in [1.165, 1.54) is 0 Å². The molecule has 4 nitrogen and oxygen atoms in total. The van der Waals surface area contributed by atoms with Crippen LogP contribution in [0.15, 0.2) is 24.5 Å². The van der Waals surface area contributed by atoms with E-state index in [0.717, 1.165) is 11.3 Å². The van der Waals surface area contributed by atoms with Gasteiger partial charge in [0.15, 0.2) is 0 Å². The Morgan fingerprint density at radius 1 is 1.33 bits per heavy atom. The molecule has 12 heavy (non-hydrogen) atoms. The van der Waals surface area contributed by atoms with Gasteiger partial charge in [-0.15, -0.1) is 5.10 Å². The largest absolute Gasteiger partial charge is 0.265 e. The molecule has 0 aliphatic rings. The smallest absolute Gasteiger partial charge is 0.129 e. The van der Waals surface area contributed by atoms with E-state index < -0.39 is 0 Å². The molecule has 2 aromatic rings. The zero-order valence-corrected chi connectivity index (χ0v) is 6.78. The third-order valence-electron chi connectivity index (χ3n) is 1.44. The van der Waals surface area contributed by atoms with Gasteiger partial charge in [-0.2, -0.15) is 0 Å². The molecule has 0 atom stereocenters. The topological polar surface area (TPSA) is 54.5 Å². The van der Waals surface area contributed by atoms with E-state index in [9.17, 15) is 0 Å². The molecule has 0 bridgehead atoms. The number of aromatic nitrogens is 4. The zero-order chi connectivity index (χ0) is 8.39. The summed E-state index contributed by atoms with van der Waals surface area (Å²) in [6.07, 6.45) is 3.35. The number of hydrogen-bond acceptors (Lipinski definition) is 3. The van der Waals surface area contributed by atoms with Crippen LogP contribution in [0.25, 0.3) is 11.3 Å². The highest BCUT2D eigenvalue weighted by atomic mass is 35.5. The van der Waals surface area contributed by atoms with E-state index in [1.54, 1.807) is 18.5 Å². The first-order chi connectivity index (χ1) is 5.86. The molecule has 0 amide bonds. The number of H-pyrrole nitrogens is 1. The Balaban J connectivity index is 2.43. The quantitative estimate of drug-likeness (QED) is 0.677. The molecule has 2 heterocycles. The van der Waals surface area contributed by atoms with Crippen molar-refractivity contribution in [2.45, 2.75) is 0 Å². The Labute approximate surface area is 73.6 Å². The molecule has 60 valence electrons. The van der Waals surface area contributed by atoms with Crippen molar-refractivity contribution in [1.82, 2.24) is 20.4 Å². The maximum absolute atomic E-state index is 5.62. The highest BCUT2D eigenvalue weighted by Crippen LogP contribution is 2.15. The van der Waals surface area contributed by atoms with Gasteiger partial charge in [0.05, 0.1) is 6.20 Å². The van der Waals surface area contributed by atoms with Gasteiger partial charge in [0, 0.05) is 11.8 Å². The van der Waals surface area contributed by atoms with Gasteiger partial charge in [-0.3, -0.25) is 5.10 Å². The van der Waals surface area contributed by atoms with Crippen LogP contribution in [0, 0.1) is 0 Å². The number of nitrogens with one attached hydrogen (secondary N) is 1. The first-order valence-electron chi connectivity index (χ1n) is 3.34. The molecule has 2 rings (SSSR count). The summed E-state index contributed by atoms with van der Waals surface area (Å²) in [6, 6.07) is 3.55. The number of aromatic amines is 1. The highest BCUT2D eigenvalue weighted by Gasteiger charge is 1.99. The van der Waals surface area contributed by atoms with Crippen LogP contribution >= 0.6 is 11.6 Å². The molecular weight excluding hydrogens is 176 g/mol. The van der Waals surface area contributed by atoms with Crippen LogP contribution in [0.2, 0.25) is 5.15 Å². The van der Waals surface area contributed by atoms with Crippen molar-refractivity contribution in [1.29, 1.82) is 0 Å². The van der Waals surface area contributed by atoms with Crippen LogP contribution in [0.3, 0.4) is 0 Å². The zero-order valence-electron chi connectivity index (χ0n) is 6.03. The SMILES string of the molecule is Clc1ccc(-c2c[nH]nn2)cn1. The lowest BCUT2D eigenvalue weighted by Gasteiger charge is -1.92. The lowest BCUT2D eigenvalue weighted by molar-refractivity contribution is 0.942. The summed E-state index contributed by atoms with van der Waals surface area (Å²) in [6.45, 7) is 0. The van der Waals surface area contributed by atoms with E-state index in [4.69, 9.17) is 11.6 Å². The normalized spacial score (nSPS) is 10.1. The molecule has 0 aliphatic heterocycles. The summed E-state index contributed by atoms with van der Waals surface area (Å²) in [7, 11) is 0. The van der Waals surface area contributed by atoms with Crippen LogP contribution in [0.4, 0.5) is 0 Å². The van der Waals surface area contributed by atoms with Crippen molar-refractivity contribution >= 4 is 11.6 Å². The second-order valence-corrected chi connectivity index (χ2v) is 2.62. The molecule has 0 aromatic carbocycles. The summed E-state index contributed by atoms with van der Waals surface area (Å²) in [5, 5.41) is 10.5. The minimum absolute atomic E-state index is 0.474. The lowest BCUT2D eigenvalue weighted by atomic mass is 10.2. The molecule has 2 aromatic heterocycles. The Morgan fingerprint density at radius 2 is 2.25 bits per heavy atom. The summed E-state index contributed by atoms with van der Waals surface area (Å²) in [5.41, 5.74) is 1.66. The fourth-order valence-corrected chi connectivity index (χ4v) is 0.982. The number of pyridine rings is 1. The molecule has 5 heteroatoms. The van der Waals surface area contributed by atoms with E-state index in [2.05, 4.69) is 20.4 Å². The second kappa shape index (κ2) is 2.91. The van der Waals surface area contributed by atoms with Crippen molar-refractivity contribution in [3.8, 4) is 11.3 Å². The molecule has 0 radical (unpaired) electrons. The number of nitrogens with zero attached hydrogens (tertiary/aromatic N) is 3. The number of hydrogen-bond donors (Lipinski definition) is 1. The standard InChI is InChI=1S/C7H5ClN4/c8-7-2-1-5(3-9-7)6-4-10-12-11-6/h1-4H,(H,10,11,12). The number of rotatable bonds is 1. The van der Waals surface area contributed by atoms with Crippen molar-refractivity contribution < 1.29 is 0 Å². The molecule has 0 aliphatic carbocycles. The van der Waals surface area contributed by atoms with Crippen LogP contribution in [-0.4, -0.2) is 20.4 Å². The van der Waals surface area contributed by atoms with Crippen LogP contribution in [-0.2, 0) is 0 Å². The predicted octanol–water partition coefficient (Wildman–Crippen LogP) is 1.52. The van der Waals surface area contributed by atoms with Gasteiger partial charge in [-0.25, -0.2) is 4.98 Å². The summed E-state index contributed by atoms with van der Waals surface area (Å²) in [4.78, 5) is 3.92. The van der Waals surface area contributed by atoms with Gasteiger partial charge in [0.25, 0.3) is 0 Å². The Bertz CT molecular complexity index is 353. The van der Waals surface area contributed by atoms with E-state index in [-0.39, 0.29) is 0 Å². The van der Waals surface area contributed by atoms with Crippen LogP contribution < -0.4 is 0 Å². The third-order valence-corrected chi connectivity index (χ3v) is 1.66. The molecule has 0 saturated heterocycles. The van der Waals surface area contributed by atoms with E-state index >= 15 is 0 Å². The molecule has 0 fully saturated rings. The van der Waals surface area contributed by atoms with Crippen LogP contribution in [0.5, 0.6) is 0 Å². The second-order valence-electron chi connectivity index (χ2n) is 2.23. The molecular formula is C7H5ClN4. The fraction of sp³-hybridized carbons (Fsp3) is 0. The Kier molecular flexibility index (Phi) is 1.75. The first kappa shape index (κ1) is 7.24. The first-order valence-corrected chi connectivity index (χ1v) is 3.72. The van der Waals surface area contributed by atoms with Gasteiger partial charge in [-0.05, 0) is 12.1 Å². The average Bonchev–Trinajstić information content (AvgIpc) is 2.58. The Hall–Kier alpha value is -1.42. The van der Waals surface area contributed by atoms with Crippen molar-refractivity contribution in [2.24, 2.45) is 0 Å². The van der Waals surface area contributed by atoms with Gasteiger partial charge in [0.2, 0.25) is 0 Å². The van der Waals surface area contributed by atoms with Gasteiger partial charge >= 0.3 is 0 Å². The van der Waals surface area contributed by atoms with Crippen LogP contribution in [0.1, 0.15) is 0 Å². The molecule has 0 unspecified atom stereocenters. The van der Waals surface area contributed by atoms with E-state index in [0.29, 0.717) is 5.15 Å². The van der Waals surface area contributed by atoms with Gasteiger partial charge in [0.1, 0.15) is 10.8 Å². The monoisotopic (exact) mass is 180 g/mol. The minimum Gasteiger partial charge on any atom is -0.265 e. The lowest BCUT2D eigenvalue weighted by Crippen LogP contribution is -1.79. The molecule has 0 spiro atoms. The Morgan fingerprint density at radius 3 is 2.83 bits per heavy atom. The summed E-state index contributed by atoms with van der Waals surface area (Å²) in [5.74, 6) is 0. The fourth-order valence-electron chi connectivity index (χ4n) is 0.870. The third kappa shape index (κ3) is 1.29. The summed E-state index contributed by atoms with van der Waals surface area (Å²) < 4.78 is 0. The highest BCUT2D eigenvalue weighted by molar-refractivity contribution is 6.29. The average molecular weight is 181 g/mol. The van der Waals surface area contributed by atoms with Crippen molar-refractivity contribution in [3.63, 3.8) is 0 Å². The molecule has 0 saturated carbocycles. The van der Waals surface area contributed by atoms with E-state index in [1.807, 2.05) is 6.07 Å². The predicted molar refractivity (Wildman–Crippen MR) is 44.6 cm³/mol. The minimum atomic E-state index is 0.474. The maximum atomic E-state index is 5.62. The molecule has 1 N–H and O–H groups in total. The van der Waals surface area contributed by atoms with Crippen molar-refractivity contribution in [3.05, 3.63) is 29.7 Å². The van der Waals surface area contributed by atoms with Gasteiger partial charge < -0.3 is 0 Å².